The smallest absolute Gasteiger partial charge is 0.258 e. The maximum Gasteiger partial charge on any atom is 0.258 e. The predicted octanol–water partition coefficient (Wildman–Crippen LogP) is 1.99. The Bertz CT molecular complexity index is 637. The lowest BCUT2D eigenvalue weighted by Crippen LogP contribution is -2.18. The molecule has 2 rings (SSSR count). The Morgan fingerprint density at radius 3 is 2.79 bits per heavy atom. The summed E-state index contributed by atoms with van der Waals surface area (Å²) in [6.07, 6.45) is 2.90. The van der Waals surface area contributed by atoms with Crippen LogP contribution in [0.2, 0.25) is 8.67 Å². The number of halogens is 2. The van der Waals surface area contributed by atoms with E-state index in [1.807, 2.05) is 0 Å². The average Bonchev–Trinajstić information content (AvgIpc) is 2.84. The van der Waals surface area contributed by atoms with Gasteiger partial charge in [-0.2, -0.15) is 5.10 Å². The number of aromatic nitrogens is 2. The third-order valence-corrected chi connectivity index (χ3v) is 3.60. The van der Waals surface area contributed by atoms with Crippen molar-refractivity contribution in [3.8, 4) is 0 Å². The van der Waals surface area contributed by atoms with E-state index in [1.54, 1.807) is 0 Å². The fourth-order valence-electron chi connectivity index (χ4n) is 1.37. The summed E-state index contributed by atoms with van der Waals surface area (Å²) in [6, 6.07) is 1.48. The molecular weight excluding hydrogens is 311 g/mol. The van der Waals surface area contributed by atoms with E-state index < -0.39 is 11.8 Å². The fourth-order valence-corrected chi connectivity index (χ4v) is 2.83. The molecule has 0 atom stereocenters. The van der Waals surface area contributed by atoms with Crippen molar-refractivity contribution in [3.05, 3.63) is 32.7 Å². The average molecular weight is 319 g/mol. The number of carbonyl (C=O) groups is 2. The van der Waals surface area contributed by atoms with Crippen LogP contribution in [0.5, 0.6) is 0 Å². The molecule has 2 aromatic rings. The molecular formula is C10H8Cl2N4O2S. The number of nitrogens with zero attached hydrogens (tertiary/aromatic N) is 2. The highest BCUT2D eigenvalue weighted by atomic mass is 35.5. The number of rotatable bonds is 4. The maximum absolute atomic E-state index is 11.9. The number of hydrogen-bond acceptors (Lipinski definition) is 4. The monoisotopic (exact) mass is 318 g/mol. The molecule has 2 heterocycles. The maximum atomic E-state index is 11.9. The van der Waals surface area contributed by atoms with Gasteiger partial charge in [-0.05, 0) is 6.07 Å². The zero-order chi connectivity index (χ0) is 14.0. The predicted molar refractivity (Wildman–Crippen MR) is 73.7 cm³/mol. The van der Waals surface area contributed by atoms with Crippen molar-refractivity contribution < 1.29 is 9.59 Å². The second kappa shape index (κ2) is 5.60. The van der Waals surface area contributed by atoms with Gasteiger partial charge in [0.05, 0.1) is 21.8 Å². The largest absolute Gasteiger partial charge is 0.368 e. The highest BCUT2D eigenvalue weighted by Gasteiger charge is 2.15. The number of primary amides is 1. The van der Waals surface area contributed by atoms with Gasteiger partial charge in [0, 0.05) is 6.20 Å². The quantitative estimate of drug-likeness (QED) is 0.903. The van der Waals surface area contributed by atoms with E-state index in [1.165, 1.54) is 23.1 Å². The van der Waals surface area contributed by atoms with E-state index in [0.29, 0.717) is 19.9 Å². The van der Waals surface area contributed by atoms with Gasteiger partial charge in [-0.3, -0.25) is 14.3 Å². The first-order chi connectivity index (χ1) is 8.95. The van der Waals surface area contributed by atoms with Gasteiger partial charge in [-0.25, -0.2) is 0 Å². The molecule has 19 heavy (non-hydrogen) atoms. The van der Waals surface area contributed by atoms with Crippen molar-refractivity contribution in [3.63, 3.8) is 0 Å². The van der Waals surface area contributed by atoms with Gasteiger partial charge in [-0.15, -0.1) is 11.3 Å². The van der Waals surface area contributed by atoms with Crippen LogP contribution in [0.25, 0.3) is 0 Å². The van der Waals surface area contributed by atoms with E-state index in [0.717, 1.165) is 11.3 Å². The Labute approximate surface area is 122 Å². The molecule has 2 amide bonds. The topological polar surface area (TPSA) is 90.0 Å². The van der Waals surface area contributed by atoms with Crippen molar-refractivity contribution in [1.82, 2.24) is 9.78 Å². The third kappa shape index (κ3) is 3.46. The van der Waals surface area contributed by atoms with Crippen LogP contribution in [0.4, 0.5) is 5.69 Å². The first-order valence-corrected chi connectivity index (χ1v) is 6.60. The van der Waals surface area contributed by atoms with Crippen molar-refractivity contribution in [2.45, 2.75) is 6.54 Å². The number of anilines is 1. The third-order valence-electron chi connectivity index (χ3n) is 2.11. The molecule has 0 aromatic carbocycles. The highest BCUT2D eigenvalue weighted by molar-refractivity contribution is 7.20. The van der Waals surface area contributed by atoms with Gasteiger partial charge in [0.2, 0.25) is 5.91 Å². The van der Waals surface area contributed by atoms with Crippen LogP contribution < -0.4 is 11.1 Å². The molecule has 0 radical (unpaired) electrons. The van der Waals surface area contributed by atoms with Crippen LogP contribution in [-0.2, 0) is 11.3 Å². The van der Waals surface area contributed by atoms with Gasteiger partial charge < -0.3 is 11.1 Å². The minimum absolute atomic E-state index is 0.0547. The van der Waals surface area contributed by atoms with Crippen LogP contribution in [0.15, 0.2) is 18.5 Å². The zero-order valence-electron chi connectivity index (χ0n) is 9.39. The Hall–Kier alpha value is -1.57. The van der Waals surface area contributed by atoms with Gasteiger partial charge in [0.25, 0.3) is 5.91 Å². The highest BCUT2D eigenvalue weighted by Crippen LogP contribution is 2.31. The summed E-state index contributed by atoms with van der Waals surface area (Å²) in [7, 11) is 0. The summed E-state index contributed by atoms with van der Waals surface area (Å²) in [5, 5.41) is 6.47. The molecule has 0 saturated carbocycles. The standard InChI is InChI=1S/C10H8Cl2N4O2S/c11-7-1-6(9(12)19-7)10(18)15-5-2-14-16(3-5)4-8(13)17/h1-3H,4H2,(H2,13,17)(H,15,18). The minimum atomic E-state index is -0.520. The number of hydrogen-bond donors (Lipinski definition) is 2. The van der Waals surface area contributed by atoms with Gasteiger partial charge >= 0.3 is 0 Å². The lowest BCUT2D eigenvalue weighted by Gasteiger charge is -2.00. The first kappa shape index (κ1) is 13.9. The zero-order valence-corrected chi connectivity index (χ0v) is 11.7. The Balaban J connectivity index is 2.09. The number of carbonyl (C=O) groups excluding carboxylic acids is 2. The summed E-state index contributed by atoms with van der Waals surface area (Å²) in [5.74, 6) is -0.916. The summed E-state index contributed by atoms with van der Waals surface area (Å²) in [4.78, 5) is 22.6. The first-order valence-electron chi connectivity index (χ1n) is 5.02. The van der Waals surface area contributed by atoms with Gasteiger partial charge in [-0.1, -0.05) is 23.2 Å². The molecule has 9 heteroatoms. The molecule has 100 valence electrons. The van der Waals surface area contributed by atoms with E-state index in [2.05, 4.69) is 10.4 Å². The van der Waals surface area contributed by atoms with Crippen LogP contribution in [0, 0.1) is 0 Å². The fraction of sp³-hybridized carbons (Fsp3) is 0.100. The van der Waals surface area contributed by atoms with Gasteiger partial charge in [0.1, 0.15) is 10.9 Å². The lowest BCUT2D eigenvalue weighted by atomic mass is 10.3. The normalized spacial score (nSPS) is 10.4. The molecule has 0 unspecified atom stereocenters. The van der Waals surface area contributed by atoms with Gasteiger partial charge in [0.15, 0.2) is 0 Å². The van der Waals surface area contributed by atoms with Crippen LogP contribution >= 0.6 is 34.5 Å². The van der Waals surface area contributed by atoms with Crippen LogP contribution in [0.1, 0.15) is 10.4 Å². The lowest BCUT2D eigenvalue weighted by molar-refractivity contribution is -0.118. The second-order valence-corrected chi connectivity index (χ2v) is 5.87. The van der Waals surface area contributed by atoms with E-state index in [-0.39, 0.29) is 6.54 Å². The molecule has 0 bridgehead atoms. The van der Waals surface area contributed by atoms with Crippen molar-refractivity contribution in [2.24, 2.45) is 5.73 Å². The summed E-state index contributed by atoms with van der Waals surface area (Å²) >= 11 is 12.7. The van der Waals surface area contributed by atoms with Crippen LogP contribution in [0.3, 0.4) is 0 Å². The molecule has 0 saturated heterocycles. The number of thiophene rings is 1. The number of nitrogens with two attached hydrogens (primary N) is 1. The molecule has 3 N–H and O–H groups in total. The Morgan fingerprint density at radius 2 is 2.21 bits per heavy atom. The molecule has 0 spiro atoms. The number of amides is 2. The van der Waals surface area contributed by atoms with E-state index >= 15 is 0 Å². The Kier molecular flexibility index (Phi) is 4.08. The molecule has 2 aromatic heterocycles. The number of nitrogens with one attached hydrogen (secondary N) is 1. The second-order valence-electron chi connectivity index (χ2n) is 3.58. The summed E-state index contributed by atoms with van der Waals surface area (Å²) < 4.78 is 2.06. The SMILES string of the molecule is NC(=O)Cn1cc(NC(=O)c2cc(Cl)sc2Cl)cn1. The summed E-state index contributed by atoms with van der Waals surface area (Å²) in [5.41, 5.74) is 5.76. The molecule has 0 aliphatic carbocycles. The van der Waals surface area contributed by atoms with Crippen molar-refractivity contribution in [2.75, 3.05) is 5.32 Å². The minimum Gasteiger partial charge on any atom is -0.368 e. The Morgan fingerprint density at radius 1 is 1.47 bits per heavy atom. The molecule has 6 nitrogen and oxygen atoms in total. The molecule has 0 aliphatic rings. The van der Waals surface area contributed by atoms with E-state index in [9.17, 15) is 9.59 Å². The van der Waals surface area contributed by atoms with E-state index in [4.69, 9.17) is 28.9 Å². The molecule has 0 aliphatic heterocycles. The molecule has 0 fully saturated rings. The van der Waals surface area contributed by atoms with Crippen LogP contribution in [-0.4, -0.2) is 21.6 Å². The van der Waals surface area contributed by atoms with Crippen molar-refractivity contribution in [1.29, 1.82) is 0 Å². The van der Waals surface area contributed by atoms with Crippen molar-refractivity contribution >= 4 is 52.0 Å². The summed E-state index contributed by atoms with van der Waals surface area (Å²) in [6.45, 7) is -0.0547.